The van der Waals surface area contributed by atoms with E-state index in [2.05, 4.69) is 6.92 Å². The Hall–Kier alpha value is -0.0400. The Labute approximate surface area is 82.1 Å². The zero-order chi connectivity index (χ0) is 9.26. The van der Waals surface area contributed by atoms with Gasteiger partial charge in [0.1, 0.15) is 0 Å². The van der Waals surface area contributed by atoms with E-state index in [0.717, 1.165) is 17.8 Å². The first-order chi connectivity index (χ1) is 6.31. The van der Waals surface area contributed by atoms with Crippen LogP contribution < -0.4 is 5.73 Å². The zero-order valence-electron chi connectivity index (χ0n) is 8.84. The second-order valence-electron chi connectivity index (χ2n) is 5.11. The molecule has 1 nitrogen and oxygen atoms in total. The first kappa shape index (κ1) is 9.51. The Balaban J connectivity index is 1.90. The van der Waals surface area contributed by atoms with Crippen LogP contribution in [0.5, 0.6) is 0 Å². The molecule has 0 saturated heterocycles. The highest BCUT2D eigenvalue weighted by Crippen LogP contribution is 2.42. The van der Waals surface area contributed by atoms with E-state index in [9.17, 15) is 0 Å². The molecule has 0 bridgehead atoms. The van der Waals surface area contributed by atoms with Gasteiger partial charge in [0.25, 0.3) is 0 Å². The van der Waals surface area contributed by atoms with Gasteiger partial charge in [-0.1, -0.05) is 32.6 Å². The second-order valence-corrected chi connectivity index (χ2v) is 5.11. The van der Waals surface area contributed by atoms with Crippen molar-refractivity contribution in [2.45, 2.75) is 57.9 Å². The topological polar surface area (TPSA) is 26.0 Å². The van der Waals surface area contributed by atoms with Crippen LogP contribution in [0.15, 0.2) is 0 Å². The standard InChI is InChI=1S/C12H23N/c1-2-9-6-7-12(13)11(8-9)10-4-3-5-10/h9-12H,2-8,13H2,1H3. The summed E-state index contributed by atoms with van der Waals surface area (Å²) in [6, 6.07) is 0.535. The number of nitrogens with two attached hydrogens (primary N) is 1. The zero-order valence-corrected chi connectivity index (χ0v) is 8.84. The molecule has 2 rings (SSSR count). The lowest BCUT2D eigenvalue weighted by molar-refractivity contribution is 0.110. The molecule has 2 N–H and O–H groups in total. The van der Waals surface area contributed by atoms with Crippen LogP contribution in [0.2, 0.25) is 0 Å². The minimum atomic E-state index is 0.535. The lowest BCUT2D eigenvalue weighted by Crippen LogP contribution is -2.42. The SMILES string of the molecule is CCC1CCC(N)C(C2CCC2)C1. The van der Waals surface area contributed by atoms with Crippen molar-refractivity contribution in [2.24, 2.45) is 23.5 Å². The van der Waals surface area contributed by atoms with Gasteiger partial charge in [-0.15, -0.1) is 0 Å². The third-order valence-corrected chi connectivity index (χ3v) is 4.40. The third kappa shape index (κ3) is 1.90. The van der Waals surface area contributed by atoms with Crippen molar-refractivity contribution in [3.8, 4) is 0 Å². The van der Waals surface area contributed by atoms with Crippen molar-refractivity contribution in [2.75, 3.05) is 0 Å². The average Bonchev–Trinajstić information content (AvgIpc) is 2.06. The fraction of sp³-hybridized carbons (Fsp3) is 1.00. The summed E-state index contributed by atoms with van der Waals surface area (Å²) in [6.07, 6.45) is 9.88. The second kappa shape index (κ2) is 4.00. The first-order valence-corrected chi connectivity index (χ1v) is 6.06. The number of rotatable bonds is 2. The van der Waals surface area contributed by atoms with Crippen molar-refractivity contribution in [3.63, 3.8) is 0 Å². The van der Waals surface area contributed by atoms with Crippen molar-refractivity contribution >= 4 is 0 Å². The smallest absolute Gasteiger partial charge is 0.00700 e. The van der Waals surface area contributed by atoms with Gasteiger partial charge in [0, 0.05) is 6.04 Å². The van der Waals surface area contributed by atoms with Crippen molar-refractivity contribution in [3.05, 3.63) is 0 Å². The number of hydrogen-bond donors (Lipinski definition) is 1. The fourth-order valence-electron chi connectivity index (χ4n) is 3.10. The Bertz CT molecular complexity index is 161. The van der Waals surface area contributed by atoms with E-state index < -0.39 is 0 Å². The molecular formula is C12H23N. The van der Waals surface area contributed by atoms with E-state index in [4.69, 9.17) is 5.73 Å². The van der Waals surface area contributed by atoms with Gasteiger partial charge in [-0.05, 0) is 37.0 Å². The molecule has 0 radical (unpaired) electrons. The fourth-order valence-corrected chi connectivity index (χ4v) is 3.10. The molecule has 0 aromatic carbocycles. The highest BCUT2D eigenvalue weighted by Gasteiger charge is 2.35. The molecule has 0 amide bonds. The molecule has 3 unspecified atom stereocenters. The summed E-state index contributed by atoms with van der Waals surface area (Å²) in [5.41, 5.74) is 6.21. The molecular weight excluding hydrogens is 158 g/mol. The van der Waals surface area contributed by atoms with E-state index in [1.165, 1.54) is 44.9 Å². The van der Waals surface area contributed by atoms with E-state index in [1.54, 1.807) is 0 Å². The summed E-state index contributed by atoms with van der Waals surface area (Å²) < 4.78 is 0. The van der Waals surface area contributed by atoms with Crippen LogP contribution in [0, 0.1) is 17.8 Å². The highest BCUT2D eigenvalue weighted by atomic mass is 14.7. The summed E-state index contributed by atoms with van der Waals surface area (Å²) >= 11 is 0. The van der Waals surface area contributed by atoms with Gasteiger partial charge in [-0.2, -0.15) is 0 Å². The van der Waals surface area contributed by atoms with Crippen molar-refractivity contribution < 1.29 is 0 Å². The van der Waals surface area contributed by atoms with Gasteiger partial charge in [-0.3, -0.25) is 0 Å². The van der Waals surface area contributed by atoms with Crippen LogP contribution in [0.25, 0.3) is 0 Å². The van der Waals surface area contributed by atoms with Gasteiger partial charge < -0.3 is 5.73 Å². The Morgan fingerprint density at radius 3 is 2.46 bits per heavy atom. The van der Waals surface area contributed by atoms with Gasteiger partial charge in [0.05, 0.1) is 0 Å². The Morgan fingerprint density at radius 1 is 1.15 bits per heavy atom. The van der Waals surface area contributed by atoms with Gasteiger partial charge >= 0.3 is 0 Å². The molecule has 2 saturated carbocycles. The predicted molar refractivity (Wildman–Crippen MR) is 56.4 cm³/mol. The summed E-state index contributed by atoms with van der Waals surface area (Å²) in [6.45, 7) is 2.33. The molecule has 13 heavy (non-hydrogen) atoms. The van der Waals surface area contributed by atoms with E-state index >= 15 is 0 Å². The Kier molecular flexibility index (Phi) is 2.92. The van der Waals surface area contributed by atoms with E-state index in [-0.39, 0.29) is 0 Å². The van der Waals surface area contributed by atoms with Crippen molar-refractivity contribution in [1.29, 1.82) is 0 Å². The maximum atomic E-state index is 6.21. The predicted octanol–water partition coefficient (Wildman–Crippen LogP) is 2.94. The lowest BCUT2D eigenvalue weighted by Gasteiger charge is -2.42. The van der Waals surface area contributed by atoms with E-state index in [1.807, 2.05) is 0 Å². The normalized spacial score (nSPS) is 41.5. The van der Waals surface area contributed by atoms with Crippen LogP contribution in [-0.4, -0.2) is 6.04 Å². The molecule has 76 valence electrons. The summed E-state index contributed by atoms with van der Waals surface area (Å²) in [7, 11) is 0. The van der Waals surface area contributed by atoms with Crippen LogP contribution in [-0.2, 0) is 0 Å². The molecule has 0 aromatic heterocycles. The minimum absolute atomic E-state index is 0.535. The average molecular weight is 181 g/mol. The summed E-state index contributed by atoms with van der Waals surface area (Å²) in [5, 5.41) is 0. The molecule has 0 heterocycles. The van der Waals surface area contributed by atoms with Crippen LogP contribution >= 0.6 is 0 Å². The largest absolute Gasteiger partial charge is 0.327 e. The highest BCUT2D eigenvalue weighted by molar-refractivity contribution is 4.89. The Morgan fingerprint density at radius 2 is 1.92 bits per heavy atom. The van der Waals surface area contributed by atoms with Crippen LogP contribution in [0.3, 0.4) is 0 Å². The molecule has 0 spiro atoms. The van der Waals surface area contributed by atoms with Crippen LogP contribution in [0.4, 0.5) is 0 Å². The van der Waals surface area contributed by atoms with Crippen LogP contribution in [0.1, 0.15) is 51.9 Å². The molecule has 0 aliphatic heterocycles. The maximum absolute atomic E-state index is 6.21. The molecule has 0 aromatic rings. The van der Waals surface area contributed by atoms with Crippen molar-refractivity contribution in [1.82, 2.24) is 0 Å². The lowest BCUT2D eigenvalue weighted by atomic mass is 9.65. The van der Waals surface area contributed by atoms with Gasteiger partial charge in [0.15, 0.2) is 0 Å². The molecule has 3 atom stereocenters. The molecule has 2 fully saturated rings. The summed E-state index contributed by atoms with van der Waals surface area (Å²) in [4.78, 5) is 0. The van der Waals surface area contributed by atoms with Gasteiger partial charge in [-0.25, -0.2) is 0 Å². The molecule has 2 aliphatic carbocycles. The monoisotopic (exact) mass is 181 g/mol. The van der Waals surface area contributed by atoms with E-state index in [0.29, 0.717) is 6.04 Å². The maximum Gasteiger partial charge on any atom is 0.00700 e. The summed E-state index contributed by atoms with van der Waals surface area (Å²) in [5.74, 6) is 2.88. The quantitative estimate of drug-likeness (QED) is 0.696. The molecule has 1 heteroatoms. The molecule has 2 aliphatic rings. The third-order valence-electron chi connectivity index (χ3n) is 4.40. The van der Waals surface area contributed by atoms with Gasteiger partial charge in [0.2, 0.25) is 0 Å². The first-order valence-electron chi connectivity index (χ1n) is 6.06. The number of hydrogen-bond acceptors (Lipinski definition) is 1. The minimum Gasteiger partial charge on any atom is -0.327 e.